The maximum atomic E-state index is 12.0. The summed E-state index contributed by atoms with van der Waals surface area (Å²) >= 11 is 6.13. The van der Waals surface area contributed by atoms with Crippen molar-refractivity contribution in [1.29, 1.82) is 0 Å². The smallest absolute Gasteiger partial charge is 0.287 e. The molecule has 2 rings (SSSR count). The molecule has 1 N–H and O–H groups in total. The second kappa shape index (κ2) is 5.53. The first kappa shape index (κ1) is 14.4. The second-order valence-electron chi connectivity index (χ2n) is 5.82. The Morgan fingerprint density at radius 3 is 2.74 bits per heavy atom. The van der Waals surface area contributed by atoms with Gasteiger partial charge in [0.05, 0.1) is 17.9 Å². The van der Waals surface area contributed by atoms with E-state index in [1.54, 1.807) is 6.20 Å². The molecule has 1 heterocycles. The summed E-state index contributed by atoms with van der Waals surface area (Å²) in [6, 6.07) is 0.0221. The lowest BCUT2D eigenvalue weighted by Crippen LogP contribution is -2.26. The zero-order valence-electron chi connectivity index (χ0n) is 11.9. The maximum Gasteiger partial charge on any atom is 0.287 e. The van der Waals surface area contributed by atoms with Crippen molar-refractivity contribution in [2.45, 2.75) is 52.5 Å². The molecule has 0 aromatic carbocycles. The molecule has 1 aliphatic rings. The van der Waals surface area contributed by atoms with E-state index in [0.717, 1.165) is 6.54 Å². The molecule has 1 aromatic rings. The van der Waals surface area contributed by atoms with Gasteiger partial charge in [-0.2, -0.15) is 5.10 Å². The van der Waals surface area contributed by atoms with Crippen LogP contribution in [-0.4, -0.2) is 16.3 Å². The fraction of sp³-hybridized carbons (Fsp3) is 0.714. The number of halogens is 1. The summed E-state index contributed by atoms with van der Waals surface area (Å²) < 4.78 is 1.41. The first-order valence-electron chi connectivity index (χ1n) is 7.00. The first-order valence-corrected chi connectivity index (χ1v) is 7.38. The molecule has 19 heavy (non-hydrogen) atoms. The van der Waals surface area contributed by atoms with Crippen LogP contribution in [0.1, 0.15) is 52.5 Å². The quantitative estimate of drug-likeness (QED) is 0.869. The molecule has 0 amide bonds. The van der Waals surface area contributed by atoms with Crippen molar-refractivity contribution in [3.8, 4) is 0 Å². The molecule has 4 nitrogen and oxygen atoms in total. The summed E-state index contributed by atoms with van der Waals surface area (Å²) in [4.78, 5) is 12.0. The van der Waals surface area contributed by atoms with Crippen molar-refractivity contribution in [3.63, 3.8) is 0 Å². The summed E-state index contributed by atoms with van der Waals surface area (Å²) in [6.45, 7) is 6.92. The minimum atomic E-state index is -0.220. The molecule has 0 unspecified atom stereocenters. The zero-order chi connectivity index (χ0) is 14.0. The van der Waals surface area contributed by atoms with Gasteiger partial charge >= 0.3 is 0 Å². The lowest BCUT2D eigenvalue weighted by Gasteiger charge is -2.17. The number of nitrogens with one attached hydrogen (secondary N) is 1. The largest absolute Gasteiger partial charge is 0.382 e. The molecule has 0 saturated heterocycles. The van der Waals surface area contributed by atoms with Crippen LogP contribution in [0.5, 0.6) is 0 Å². The predicted octanol–water partition coefficient (Wildman–Crippen LogP) is 3.47. The summed E-state index contributed by atoms with van der Waals surface area (Å²) in [5, 5.41) is 7.71. The van der Waals surface area contributed by atoms with E-state index in [1.807, 2.05) is 13.8 Å². The van der Waals surface area contributed by atoms with E-state index in [1.165, 1.54) is 30.4 Å². The van der Waals surface area contributed by atoms with Crippen molar-refractivity contribution in [2.75, 3.05) is 11.9 Å². The lowest BCUT2D eigenvalue weighted by molar-refractivity contribution is 0.483. The van der Waals surface area contributed by atoms with E-state index in [2.05, 4.69) is 17.3 Å². The SMILES string of the molecule is CCCC1(CNc2cnn(C(C)C)c(=O)c2Cl)CC1. The van der Waals surface area contributed by atoms with E-state index >= 15 is 0 Å². The molecule has 5 heteroatoms. The van der Waals surface area contributed by atoms with E-state index in [0.29, 0.717) is 11.1 Å². The highest BCUT2D eigenvalue weighted by Gasteiger charge is 2.41. The van der Waals surface area contributed by atoms with Gasteiger partial charge in [-0.3, -0.25) is 4.79 Å². The van der Waals surface area contributed by atoms with Crippen LogP contribution < -0.4 is 10.9 Å². The monoisotopic (exact) mass is 283 g/mol. The highest BCUT2D eigenvalue weighted by Crippen LogP contribution is 2.49. The third-order valence-electron chi connectivity index (χ3n) is 3.82. The van der Waals surface area contributed by atoms with Crippen LogP contribution >= 0.6 is 11.6 Å². The Labute approximate surface area is 119 Å². The fourth-order valence-corrected chi connectivity index (χ4v) is 2.64. The molecule has 0 atom stereocenters. The molecule has 0 aliphatic heterocycles. The van der Waals surface area contributed by atoms with Crippen LogP contribution in [0.4, 0.5) is 5.69 Å². The van der Waals surface area contributed by atoms with Gasteiger partial charge in [0.2, 0.25) is 0 Å². The summed E-state index contributed by atoms with van der Waals surface area (Å²) in [5.74, 6) is 0. The van der Waals surface area contributed by atoms with Gasteiger partial charge < -0.3 is 5.32 Å². The number of aromatic nitrogens is 2. The van der Waals surface area contributed by atoms with Crippen LogP contribution in [0.25, 0.3) is 0 Å². The third kappa shape index (κ3) is 3.11. The van der Waals surface area contributed by atoms with Gasteiger partial charge in [0, 0.05) is 6.54 Å². The summed E-state index contributed by atoms with van der Waals surface area (Å²) in [5.41, 5.74) is 0.860. The van der Waals surface area contributed by atoms with Gasteiger partial charge in [-0.05, 0) is 38.5 Å². The average molecular weight is 284 g/mol. The molecule has 1 aromatic heterocycles. The molecule has 0 spiro atoms. The standard InChI is InChI=1S/C14H22ClN3O/c1-4-5-14(6-7-14)9-16-11-8-17-18(10(2)3)13(19)12(11)15/h8,10,16H,4-7,9H2,1-3H3. The fourth-order valence-electron chi connectivity index (χ4n) is 2.44. The molecule has 0 radical (unpaired) electrons. The second-order valence-corrected chi connectivity index (χ2v) is 6.20. The Morgan fingerprint density at radius 1 is 1.53 bits per heavy atom. The molecule has 1 fully saturated rings. The van der Waals surface area contributed by atoms with Crippen molar-refractivity contribution < 1.29 is 0 Å². The van der Waals surface area contributed by atoms with Crippen LogP contribution in [0.2, 0.25) is 5.02 Å². The Bertz CT molecular complexity index is 506. The van der Waals surface area contributed by atoms with Gasteiger partial charge in [0.15, 0.2) is 0 Å². The molecule has 1 saturated carbocycles. The van der Waals surface area contributed by atoms with Gasteiger partial charge in [0.1, 0.15) is 5.02 Å². The Kier molecular flexibility index (Phi) is 4.19. The highest BCUT2D eigenvalue weighted by molar-refractivity contribution is 6.32. The van der Waals surface area contributed by atoms with Crippen LogP contribution in [-0.2, 0) is 0 Å². The summed E-state index contributed by atoms with van der Waals surface area (Å²) in [6.07, 6.45) is 6.62. The van der Waals surface area contributed by atoms with Crippen molar-refractivity contribution >= 4 is 17.3 Å². The van der Waals surface area contributed by atoms with E-state index in [-0.39, 0.29) is 16.6 Å². The average Bonchev–Trinajstić information content (AvgIpc) is 3.11. The normalized spacial score (nSPS) is 16.7. The number of hydrogen-bond donors (Lipinski definition) is 1. The van der Waals surface area contributed by atoms with E-state index in [9.17, 15) is 4.79 Å². The molecular formula is C14H22ClN3O. The third-order valence-corrected chi connectivity index (χ3v) is 4.19. The van der Waals surface area contributed by atoms with Gasteiger partial charge in [-0.1, -0.05) is 24.9 Å². The van der Waals surface area contributed by atoms with Crippen molar-refractivity contribution in [3.05, 3.63) is 21.6 Å². The number of anilines is 1. The Morgan fingerprint density at radius 2 is 2.21 bits per heavy atom. The van der Waals surface area contributed by atoms with Crippen LogP contribution in [0.15, 0.2) is 11.0 Å². The van der Waals surface area contributed by atoms with Crippen molar-refractivity contribution in [1.82, 2.24) is 9.78 Å². The van der Waals surface area contributed by atoms with Crippen molar-refractivity contribution in [2.24, 2.45) is 5.41 Å². The van der Waals surface area contributed by atoms with E-state index in [4.69, 9.17) is 11.6 Å². The highest BCUT2D eigenvalue weighted by atomic mass is 35.5. The van der Waals surface area contributed by atoms with Gasteiger partial charge in [-0.25, -0.2) is 4.68 Å². The number of nitrogens with zero attached hydrogens (tertiary/aromatic N) is 2. The maximum absolute atomic E-state index is 12.0. The van der Waals surface area contributed by atoms with Crippen LogP contribution in [0, 0.1) is 5.41 Å². The van der Waals surface area contributed by atoms with Gasteiger partial charge in [-0.15, -0.1) is 0 Å². The van der Waals surface area contributed by atoms with Crippen LogP contribution in [0.3, 0.4) is 0 Å². The number of rotatable bonds is 6. The Balaban J connectivity index is 2.10. The topological polar surface area (TPSA) is 46.9 Å². The molecule has 0 bridgehead atoms. The first-order chi connectivity index (χ1) is 8.99. The summed E-state index contributed by atoms with van der Waals surface area (Å²) in [7, 11) is 0. The predicted molar refractivity (Wildman–Crippen MR) is 79.0 cm³/mol. The van der Waals surface area contributed by atoms with Gasteiger partial charge in [0.25, 0.3) is 5.56 Å². The molecule has 1 aliphatic carbocycles. The minimum absolute atomic E-state index is 0.0221. The van der Waals surface area contributed by atoms with E-state index < -0.39 is 0 Å². The minimum Gasteiger partial charge on any atom is -0.382 e. The number of hydrogen-bond acceptors (Lipinski definition) is 3. The molecule has 106 valence electrons. The zero-order valence-corrected chi connectivity index (χ0v) is 12.6. The lowest BCUT2D eigenvalue weighted by atomic mass is 10.0. The molecular weight excluding hydrogens is 262 g/mol. The Hall–Kier alpha value is -1.03.